The molecule has 0 aromatic rings. The van der Waals surface area contributed by atoms with Crippen molar-refractivity contribution in [2.24, 2.45) is 11.7 Å². The molecule has 4 N–H and O–H groups in total. The van der Waals surface area contributed by atoms with E-state index in [0.29, 0.717) is 11.3 Å². The van der Waals surface area contributed by atoms with E-state index in [4.69, 9.17) is 10.8 Å². The number of aliphatic carboxylic acids is 1. The number of rotatable bonds is 5. The minimum Gasteiger partial charge on any atom is -0.477 e. The van der Waals surface area contributed by atoms with E-state index in [9.17, 15) is 14.7 Å². The Labute approximate surface area is 109 Å². The van der Waals surface area contributed by atoms with E-state index in [0.717, 1.165) is 6.42 Å². The summed E-state index contributed by atoms with van der Waals surface area (Å²) < 4.78 is 0. The summed E-state index contributed by atoms with van der Waals surface area (Å²) >= 11 is 1.30. The van der Waals surface area contributed by atoms with Gasteiger partial charge in [0.2, 0.25) is 5.91 Å². The van der Waals surface area contributed by atoms with Crippen molar-refractivity contribution in [2.45, 2.75) is 31.2 Å². The molecule has 3 atom stereocenters. The third-order valence-electron chi connectivity index (χ3n) is 3.21. The molecule has 2 unspecified atom stereocenters. The lowest BCUT2D eigenvalue weighted by Crippen LogP contribution is -2.58. The fraction of sp³-hybridized carbons (Fsp3) is 0.636. The van der Waals surface area contributed by atoms with E-state index >= 15 is 0 Å². The van der Waals surface area contributed by atoms with Gasteiger partial charge in [0.1, 0.15) is 11.1 Å². The van der Waals surface area contributed by atoms with E-state index in [-0.39, 0.29) is 29.6 Å². The fourth-order valence-corrected chi connectivity index (χ4v) is 3.81. The van der Waals surface area contributed by atoms with Gasteiger partial charge in [0, 0.05) is 10.9 Å². The van der Waals surface area contributed by atoms with Crippen LogP contribution in [0.25, 0.3) is 0 Å². The number of hydrogen-bond donors (Lipinski definition) is 3. The number of β-lactam (4-membered cyclic amide) rings is 1. The summed E-state index contributed by atoms with van der Waals surface area (Å²) in [4.78, 5) is 24.8. The Bertz CT molecular complexity index is 423. The van der Waals surface area contributed by atoms with Crippen molar-refractivity contribution in [3.63, 3.8) is 0 Å². The second kappa shape index (κ2) is 4.91. The number of hydrogen-bond acceptors (Lipinski definition) is 5. The van der Waals surface area contributed by atoms with Crippen molar-refractivity contribution >= 4 is 23.6 Å². The van der Waals surface area contributed by atoms with Gasteiger partial charge in [0.05, 0.1) is 12.5 Å². The molecule has 1 saturated heterocycles. The minimum atomic E-state index is -1.13. The number of carbonyl (C=O) groups excluding carboxylic acids is 1. The highest BCUT2D eigenvalue weighted by Gasteiger charge is 2.56. The average Bonchev–Trinajstić information content (AvgIpc) is 2.66. The largest absolute Gasteiger partial charge is 0.477 e. The van der Waals surface area contributed by atoms with Crippen molar-refractivity contribution in [1.29, 1.82) is 0 Å². The SMILES string of the molecule is CCCC(N)C1=C(C(=O)O)N2C(=O)C(CO)[C@H]2S1. The van der Waals surface area contributed by atoms with Crippen LogP contribution in [0, 0.1) is 5.92 Å². The molecule has 0 bridgehead atoms. The molecule has 0 aliphatic carbocycles. The monoisotopic (exact) mass is 272 g/mol. The maximum Gasteiger partial charge on any atom is 0.353 e. The molecule has 100 valence electrons. The predicted octanol–water partition coefficient (Wildman–Crippen LogP) is -0.0664. The van der Waals surface area contributed by atoms with E-state index in [2.05, 4.69) is 0 Å². The van der Waals surface area contributed by atoms with Crippen LogP contribution < -0.4 is 5.73 Å². The molecule has 0 radical (unpaired) electrons. The summed E-state index contributed by atoms with van der Waals surface area (Å²) in [5.74, 6) is -1.96. The molecule has 2 aliphatic rings. The number of nitrogens with two attached hydrogens (primary N) is 1. The van der Waals surface area contributed by atoms with Gasteiger partial charge < -0.3 is 15.9 Å². The van der Waals surface area contributed by atoms with E-state index in [1.165, 1.54) is 16.7 Å². The Kier molecular flexibility index (Phi) is 3.65. The van der Waals surface area contributed by atoms with Crippen LogP contribution in [0.1, 0.15) is 19.8 Å². The molecule has 0 saturated carbocycles. The van der Waals surface area contributed by atoms with Gasteiger partial charge in [-0.1, -0.05) is 25.1 Å². The number of aliphatic hydroxyl groups is 1. The van der Waals surface area contributed by atoms with Crippen LogP contribution in [0.2, 0.25) is 0 Å². The molecule has 1 fully saturated rings. The summed E-state index contributed by atoms with van der Waals surface area (Å²) in [6, 6.07) is -0.358. The van der Waals surface area contributed by atoms with Crippen molar-refractivity contribution in [3.8, 4) is 0 Å². The van der Waals surface area contributed by atoms with Crippen LogP contribution in [-0.2, 0) is 9.59 Å². The quantitative estimate of drug-likeness (QED) is 0.605. The number of thioether (sulfide) groups is 1. The molecule has 6 nitrogen and oxygen atoms in total. The molecule has 0 aromatic heterocycles. The van der Waals surface area contributed by atoms with Gasteiger partial charge in [0.15, 0.2) is 0 Å². The Morgan fingerprint density at radius 3 is 2.78 bits per heavy atom. The van der Waals surface area contributed by atoms with Crippen molar-refractivity contribution in [3.05, 3.63) is 10.6 Å². The first-order chi connectivity index (χ1) is 8.52. The van der Waals surface area contributed by atoms with Crippen LogP contribution in [0.4, 0.5) is 0 Å². The smallest absolute Gasteiger partial charge is 0.353 e. The minimum absolute atomic E-state index is 0.000602. The van der Waals surface area contributed by atoms with Crippen molar-refractivity contribution in [2.75, 3.05) is 6.61 Å². The standard InChI is InChI=1S/C11H16N2O4S/c1-2-3-6(12)8-7(11(16)17)13-9(15)5(4-14)10(13)18-8/h5-6,10,14H,2-4,12H2,1H3,(H,16,17)/t5?,6?,10-/m1/s1. The van der Waals surface area contributed by atoms with Crippen LogP contribution in [0.3, 0.4) is 0 Å². The maximum atomic E-state index is 11.7. The number of nitrogens with zero attached hydrogens (tertiary/aromatic N) is 1. The zero-order valence-corrected chi connectivity index (χ0v) is 10.8. The Morgan fingerprint density at radius 1 is 1.61 bits per heavy atom. The highest BCUT2D eigenvalue weighted by atomic mass is 32.2. The molecular weight excluding hydrogens is 256 g/mol. The maximum absolute atomic E-state index is 11.7. The lowest BCUT2D eigenvalue weighted by molar-refractivity contribution is -0.153. The lowest BCUT2D eigenvalue weighted by atomic mass is 9.98. The first-order valence-electron chi connectivity index (χ1n) is 5.86. The molecule has 2 aliphatic heterocycles. The summed E-state index contributed by atoms with van der Waals surface area (Å²) in [6.45, 7) is 1.72. The van der Waals surface area contributed by atoms with Crippen LogP contribution in [0.15, 0.2) is 10.6 Å². The van der Waals surface area contributed by atoms with Gasteiger partial charge in [-0.3, -0.25) is 9.69 Å². The van der Waals surface area contributed by atoms with Gasteiger partial charge in [-0.15, -0.1) is 0 Å². The number of carboxylic acids is 1. The molecule has 18 heavy (non-hydrogen) atoms. The van der Waals surface area contributed by atoms with Crippen LogP contribution >= 0.6 is 11.8 Å². The fourth-order valence-electron chi connectivity index (χ4n) is 2.28. The summed E-state index contributed by atoms with van der Waals surface area (Å²) in [5.41, 5.74) is 5.96. The van der Waals surface area contributed by atoms with Gasteiger partial charge in [-0.05, 0) is 6.42 Å². The van der Waals surface area contributed by atoms with Crippen LogP contribution in [0.5, 0.6) is 0 Å². The van der Waals surface area contributed by atoms with Gasteiger partial charge in [-0.2, -0.15) is 0 Å². The Morgan fingerprint density at radius 2 is 2.28 bits per heavy atom. The highest BCUT2D eigenvalue weighted by molar-refractivity contribution is 8.04. The number of amides is 1. The average molecular weight is 272 g/mol. The van der Waals surface area contributed by atoms with Crippen LogP contribution in [-0.4, -0.2) is 45.0 Å². The van der Waals surface area contributed by atoms with Crippen molar-refractivity contribution < 1.29 is 19.8 Å². The third kappa shape index (κ3) is 1.82. The Balaban J connectivity index is 2.28. The zero-order chi connectivity index (χ0) is 13.4. The first kappa shape index (κ1) is 13.4. The lowest BCUT2D eigenvalue weighted by Gasteiger charge is -2.41. The molecular formula is C11H16N2O4S. The molecule has 0 spiro atoms. The number of fused-ring (bicyclic) bond motifs is 1. The highest BCUT2D eigenvalue weighted by Crippen LogP contribution is 2.50. The van der Waals surface area contributed by atoms with Gasteiger partial charge in [0.25, 0.3) is 0 Å². The van der Waals surface area contributed by atoms with E-state index in [1.807, 2.05) is 6.92 Å². The zero-order valence-electron chi connectivity index (χ0n) is 10.00. The molecule has 2 heterocycles. The van der Waals surface area contributed by atoms with Gasteiger partial charge in [-0.25, -0.2) is 4.79 Å². The number of carbonyl (C=O) groups is 2. The predicted molar refractivity (Wildman–Crippen MR) is 66.3 cm³/mol. The second-order valence-corrected chi connectivity index (χ2v) is 5.58. The second-order valence-electron chi connectivity index (χ2n) is 4.42. The van der Waals surface area contributed by atoms with Gasteiger partial charge >= 0.3 is 5.97 Å². The third-order valence-corrected chi connectivity index (χ3v) is 4.74. The molecule has 0 aromatic carbocycles. The molecule has 1 amide bonds. The summed E-state index contributed by atoms with van der Waals surface area (Å²) in [7, 11) is 0. The topological polar surface area (TPSA) is 104 Å². The van der Waals surface area contributed by atoms with Crippen molar-refractivity contribution in [1.82, 2.24) is 4.90 Å². The first-order valence-corrected chi connectivity index (χ1v) is 6.74. The normalized spacial score (nSPS) is 28.2. The summed E-state index contributed by atoms with van der Waals surface area (Å²) in [5, 5.41) is 18.0. The molecule has 2 rings (SSSR count). The Hall–Kier alpha value is -1.05. The number of carboxylic acid groups (broad SMARTS) is 1. The summed E-state index contributed by atoms with van der Waals surface area (Å²) in [6.07, 6.45) is 1.53. The van der Waals surface area contributed by atoms with E-state index < -0.39 is 11.9 Å². The number of aliphatic hydroxyl groups excluding tert-OH is 1. The molecule has 7 heteroatoms. The van der Waals surface area contributed by atoms with E-state index in [1.54, 1.807) is 0 Å².